The second-order valence-corrected chi connectivity index (χ2v) is 7.16. The lowest BCUT2D eigenvalue weighted by Crippen LogP contribution is -2.26. The first-order valence-electron chi connectivity index (χ1n) is 10.1. The highest BCUT2D eigenvalue weighted by Crippen LogP contribution is 2.32. The molecule has 6 nitrogen and oxygen atoms in total. The van der Waals surface area contributed by atoms with E-state index < -0.39 is 0 Å². The van der Waals surface area contributed by atoms with E-state index in [1.54, 1.807) is 11.9 Å². The number of nitrogens with two attached hydrogens (primary N) is 1. The Morgan fingerprint density at radius 2 is 1.86 bits per heavy atom. The zero-order valence-electron chi connectivity index (χ0n) is 17.1. The number of hydrogen-bond acceptors (Lipinski definition) is 4. The number of rotatable bonds is 7. The van der Waals surface area contributed by atoms with Crippen LogP contribution in [0.15, 0.2) is 64.8 Å². The van der Waals surface area contributed by atoms with Gasteiger partial charge in [-0.05, 0) is 47.7 Å². The van der Waals surface area contributed by atoms with Crippen molar-refractivity contribution < 1.29 is 0 Å². The number of nitrogens with one attached hydrogen (secondary N) is 1. The van der Waals surface area contributed by atoms with Gasteiger partial charge >= 0.3 is 0 Å². The van der Waals surface area contributed by atoms with Crippen LogP contribution in [0.2, 0.25) is 0 Å². The first kappa shape index (κ1) is 20.5. The van der Waals surface area contributed by atoms with Crippen LogP contribution < -0.4 is 10.7 Å². The molecule has 0 aliphatic rings. The minimum Gasteiger partial charge on any atom is -0.320 e. The summed E-state index contributed by atoms with van der Waals surface area (Å²) in [6.45, 7) is 2.23. The number of pyridine rings is 1. The van der Waals surface area contributed by atoms with Gasteiger partial charge in [-0.25, -0.2) is 10.5 Å². The van der Waals surface area contributed by atoms with Crippen LogP contribution in [0.1, 0.15) is 38.2 Å². The van der Waals surface area contributed by atoms with Crippen LogP contribution >= 0.6 is 0 Å². The van der Waals surface area contributed by atoms with Crippen LogP contribution in [0.3, 0.4) is 0 Å². The predicted molar refractivity (Wildman–Crippen MR) is 120 cm³/mol. The van der Waals surface area contributed by atoms with E-state index in [1.165, 1.54) is 31.2 Å². The quantitative estimate of drug-likeness (QED) is 0.135. The second kappa shape index (κ2) is 9.78. The van der Waals surface area contributed by atoms with E-state index in [-0.39, 0.29) is 5.96 Å². The summed E-state index contributed by atoms with van der Waals surface area (Å²) in [5.41, 5.74) is 11.7. The third-order valence-corrected chi connectivity index (χ3v) is 5.12. The van der Waals surface area contributed by atoms with Crippen molar-refractivity contribution in [2.24, 2.45) is 16.1 Å². The molecule has 0 aliphatic heterocycles. The topological polar surface area (TPSA) is 90.7 Å². The van der Waals surface area contributed by atoms with Gasteiger partial charge < -0.3 is 5.84 Å². The molecule has 29 heavy (non-hydrogen) atoms. The Balaban J connectivity index is 2.08. The minimum absolute atomic E-state index is 0.100. The molecule has 6 heteroatoms. The molecule has 0 bridgehead atoms. The van der Waals surface area contributed by atoms with Crippen LogP contribution in [-0.2, 0) is 6.42 Å². The number of benzene rings is 2. The Bertz CT molecular complexity index is 997. The Morgan fingerprint density at radius 1 is 1.07 bits per heavy atom. The third-order valence-electron chi connectivity index (χ3n) is 5.12. The van der Waals surface area contributed by atoms with E-state index in [4.69, 9.17) is 16.4 Å². The maximum Gasteiger partial charge on any atom is 0.266 e. The van der Waals surface area contributed by atoms with E-state index in [9.17, 15) is 0 Å². The summed E-state index contributed by atoms with van der Waals surface area (Å²) in [5, 5.41) is 8.09. The highest BCUT2D eigenvalue weighted by molar-refractivity contribution is 6.00. The van der Waals surface area contributed by atoms with Crippen molar-refractivity contribution in [3.8, 4) is 11.1 Å². The van der Waals surface area contributed by atoms with Gasteiger partial charge in [-0.3, -0.25) is 4.90 Å². The zero-order valence-corrected chi connectivity index (χ0v) is 17.1. The van der Waals surface area contributed by atoms with Crippen LogP contribution in [-0.4, -0.2) is 18.0 Å². The van der Waals surface area contributed by atoms with Crippen LogP contribution in [0, 0.1) is 5.53 Å². The van der Waals surface area contributed by atoms with Crippen LogP contribution in [0.25, 0.3) is 22.0 Å². The fourth-order valence-electron chi connectivity index (χ4n) is 3.49. The fourth-order valence-corrected chi connectivity index (χ4v) is 3.49. The lowest BCUT2D eigenvalue weighted by molar-refractivity contribution is 0.667. The summed E-state index contributed by atoms with van der Waals surface area (Å²) in [5.74, 6) is 6.12. The average molecular weight is 389 g/mol. The Hall–Kier alpha value is -3.28. The molecule has 2 aromatic carbocycles. The number of hydrogen-bond donors (Lipinski definition) is 2. The molecule has 0 fully saturated rings. The van der Waals surface area contributed by atoms with Crippen molar-refractivity contribution >= 4 is 22.7 Å². The van der Waals surface area contributed by atoms with Crippen LogP contribution in [0.5, 0.6) is 0 Å². The van der Waals surface area contributed by atoms with Gasteiger partial charge in [0.15, 0.2) is 0 Å². The highest BCUT2D eigenvalue weighted by atomic mass is 15.4. The van der Waals surface area contributed by atoms with E-state index in [2.05, 4.69) is 47.5 Å². The maximum atomic E-state index is 7.29. The first-order valence-corrected chi connectivity index (χ1v) is 10.1. The summed E-state index contributed by atoms with van der Waals surface area (Å²) in [4.78, 5) is 6.40. The van der Waals surface area contributed by atoms with Crippen molar-refractivity contribution in [2.75, 3.05) is 11.9 Å². The van der Waals surface area contributed by atoms with Gasteiger partial charge in [0, 0.05) is 12.4 Å². The summed E-state index contributed by atoms with van der Waals surface area (Å²) >= 11 is 0. The number of unbranched alkanes of at least 4 members (excludes halogenated alkanes) is 3. The number of nitrogens with zero attached hydrogens (tertiary/aromatic N) is 4. The van der Waals surface area contributed by atoms with E-state index in [1.807, 2.05) is 24.3 Å². The van der Waals surface area contributed by atoms with Crippen molar-refractivity contribution in [1.82, 2.24) is 4.98 Å². The molecule has 0 atom stereocenters. The molecule has 0 spiro atoms. The normalized spacial score (nSPS) is 11.6. The molecule has 0 unspecified atom stereocenters. The Morgan fingerprint density at radius 3 is 2.55 bits per heavy atom. The summed E-state index contributed by atoms with van der Waals surface area (Å²) in [6, 6.07) is 18.8. The SMILES string of the molecule is CCCCCCc1ccc2nc(N(C)/C(N=N)=N/N)cc(-c3ccccc3)c2c1. The van der Waals surface area contributed by atoms with Crippen molar-refractivity contribution in [1.29, 1.82) is 5.53 Å². The van der Waals surface area contributed by atoms with Gasteiger partial charge in [0.1, 0.15) is 5.82 Å². The number of guanidine groups is 1. The monoisotopic (exact) mass is 388 g/mol. The summed E-state index contributed by atoms with van der Waals surface area (Å²) in [6.07, 6.45) is 6.07. The van der Waals surface area contributed by atoms with Crippen molar-refractivity contribution in [3.63, 3.8) is 0 Å². The predicted octanol–water partition coefficient (Wildman–Crippen LogP) is 5.72. The zero-order chi connectivity index (χ0) is 20.6. The average Bonchev–Trinajstić information content (AvgIpc) is 2.77. The first-order chi connectivity index (χ1) is 14.2. The molecule has 1 heterocycles. The smallest absolute Gasteiger partial charge is 0.266 e. The Labute approximate surface area is 172 Å². The minimum atomic E-state index is 0.100. The molecule has 3 N–H and O–H groups in total. The molecule has 1 aromatic heterocycles. The van der Waals surface area contributed by atoms with E-state index >= 15 is 0 Å². The molecule has 3 rings (SSSR count). The molecule has 150 valence electrons. The molecule has 0 saturated heterocycles. The lowest BCUT2D eigenvalue weighted by atomic mass is 9.97. The number of anilines is 1. The number of aryl methyl sites for hydroxylation is 1. The van der Waals surface area contributed by atoms with Gasteiger partial charge in [-0.15, -0.1) is 10.2 Å². The molecule has 3 aromatic rings. The molecular weight excluding hydrogens is 360 g/mol. The van der Waals surface area contributed by atoms with Gasteiger partial charge in [-0.2, -0.15) is 0 Å². The molecule has 0 radical (unpaired) electrons. The molecule has 0 amide bonds. The largest absolute Gasteiger partial charge is 0.320 e. The van der Waals surface area contributed by atoms with E-state index in [0.29, 0.717) is 5.82 Å². The van der Waals surface area contributed by atoms with Gasteiger partial charge in [-0.1, -0.05) is 62.6 Å². The highest BCUT2D eigenvalue weighted by Gasteiger charge is 2.14. The maximum absolute atomic E-state index is 7.29. The molecule has 0 aliphatic carbocycles. The number of fused-ring (bicyclic) bond motifs is 1. The standard InChI is InChI=1S/C23H28N6/c1-3-4-5-7-10-17-13-14-21-20(15-17)19(18-11-8-6-9-12-18)16-22(26-21)29(2)23(27-24)28-25/h6,8-9,11-16,24H,3-5,7,10,25H2,1-2H3/b27-24?,28-23+. The number of aromatic nitrogens is 1. The van der Waals surface area contributed by atoms with Crippen molar-refractivity contribution in [2.45, 2.75) is 39.0 Å². The van der Waals surface area contributed by atoms with Crippen molar-refractivity contribution in [3.05, 3.63) is 60.2 Å². The van der Waals surface area contributed by atoms with Crippen LogP contribution in [0.4, 0.5) is 5.82 Å². The third kappa shape index (κ3) is 4.77. The van der Waals surface area contributed by atoms with Gasteiger partial charge in [0.25, 0.3) is 5.96 Å². The van der Waals surface area contributed by atoms with Gasteiger partial charge in [0.05, 0.1) is 5.52 Å². The molecular formula is C23H28N6. The number of hydrazone groups is 1. The molecule has 0 saturated carbocycles. The fraction of sp³-hybridized carbons (Fsp3) is 0.304. The summed E-state index contributed by atoms with van der Waals surface area (Å²) < 4.78 is 0. The lowest BCUT2D eigenvalue weighted by Gasteiger charge is -2.18. The van der Waals surface area contributed by atoms with Gasteiger partial charge in [0.2, 0.25) is 0 Å². The Kier molecular flexibility index (Phi) is 6.89. The second-order valence-electron chi connectivity index (χ2n) is 7.16. The van der Waals surface area contributed by atoms with E-state index in [0.717, 1.165) is 28.5 Å². The summed E-state index contributed by atoms with van der Waals surface area (Å²) in [7, 11) is 1.76.